The van der Waals surface area contributed by atoms with Crippen LogP contribution < -0.4 is 5.32 Å². The van der Waals surface area contributed by atoms with Crippen LogP contribution >= 0.6 is 0 Å². The summed E-state index contributed by atoms with van der Waals surface area (Å²) in [6.45, 7) is 2.40. The van der Waals surface area contributed by atoms with Crippen molar-refractivity contribution in [2.75, 3.05) is 13.2 Å². The number of hydrogen-bond acceptors (Lipinski definition) is 4. The second-order valence-corrected chi connectivity index (χ2v) is 7.82. The fraction of sp³-hybridized carbons (Fsp3) is 0.400. The van der Waals surface area contributed by atoms with Gasteiger partial charge < -0.3 is 19.9 Å². The highest BCUT2D eigenvalue weighted by Gasteiger charge is 2.38. The van der Waals surface area contributed by atoms with Crippen LogP contribution in [0.4, 0.5) is 13.2 Å². The summed E-state index contributed by atoms with van der Waals surface area (Å²) in [4.78, 5) is 12.9. The lowest BCUT2D eigenvalue weighted by Crippen LogP contribution is -2.39. The van der Waals surface area contributed by atoms with Crippen molar-refractivity contribution in [3.63, 3.8) is 0 Å². The first-order chi connectivity index (χ1) is 15.8. The lowest BCUT2D eigenvalue weighted by molar-refractivity contribution is -0.166. The number of allylic oxidation sites excluding steroid dienone is 1. The van der Waals surface area contributed by atoms with Crippen molar-refractivity contribution in [3.05, 3.63) is 83.1 Å². The molecule has 178 valence electrons. The van der Waals surface area contributed by atoms with E-state index in [4.69, 9.17) is 9.47 Å². The number of amides is 1. The molecule has 1 heterocycles. The van der Waals surface area contributed by atoms with E-state index < -0.39 is 29.9 Å². The molecule has 3 atom stereocenters. The molecule has 1 aliphatic rings. The minimum atomic E-state index is -4.43. The van der Waals surface area contributed by atoms with Gasteiger partial charge in [-0.1, -0.05) is 42.5 Å². The number of hydrogen-bond donors (Lipinski definition) is 2. The topological polar surface area (TPSA) is 67.8 Å². The number of alkyl halides is 3. The van der Waals surface area contributed by atoms with E-state index in [1.807, 2.05) is 30.3 Å². The van der Waals surface area contributed by atoms with Crippen LogP contribution in [0, 0.1) is 5.92 Å². The van der Waals surface area contributed by atoms with E-state index in [-0.39, 0.29) is 18.3 Å². The van der Waals surface area contributed by atoms with Crippen LogP contribution in [0.15, 0.2) is 66.4 Å². The summed E-state index contributed by atoms with van der Waals surface area (Å²) in [5, 5.41) is 12.1. The molecule has 0 aliphatic carbocycles. The summed E-state index contributed by atoms with van der Waals surface area (Å²) >= 11 is 0. The Bertz CT molecular complexity index is 929. The van der Waals surface area contributed by atoms with E-state index in [2.05, 4.69) is 5.32 Å². The highest BCUT2D eigenvalue weighted by atomic mass is 19.4. The molecule has 2 aromatic carbocycles. The Balaban J connectivity index is 1.89. The molecule has 2 aromatic rings. The van der Waals surface area contributed by atoms with E-state index in [0.717, 1.165) is 17.7 Å². The van der Waals surface area contributed by atoms with Crippen LogP contribution in [0.2, 0.25) is 0 Å². The Labute approximate surface area is 191 Å². The van der Waals surface area contributed by atoms with Gasteiger partial charge in [-0.25, -0.2) is 0 Å². The third-order valence-corrected chi connectivity index (χ3v) is 5.55. The monoisotopic (exact) mass is 463 g/mol. The van der Waals surface area contributed by atoms with Crippen LogP contribution in [0.3, 0.4) is 0 Å². The van der Waals surface area contributed by atoms with Crippen LogP contribution in [0.5, 0.6) is 0 Å². The van der Waals surface area contributed by atoms with Gasteiger partial charge in [-0.15, -0.1) is 0 Å². The van der Waals surface area contributed by atoms with Crippen molar-refractivity contribution in [1.82, 2.24) is 5.32 Å². The van der Waals surface area contributed by atoms with Crippen LogP contribution in [-0.4, -0.2) is 30.5 Å². The van der Waals surface area contributed by atoms with Gasteiger partial charge in [-0.05, 0) is 49.1 Å². The van der Waals surface area contributed by atoms with E-state index in [9.17, 15) is 23.1 Å². The van der Waals surface area contributed by atoms with Crippen molar-refractivity contribution >= 4 is 5.91 Å². The molecular formula is C25H28F3NO4. The number of carbonyl (C=O) groups is 1. The van der Waals surface area contributed by atoms with Gasteiger partial charge in [0.25, 0.3) is 5.91 Å². The molecule has 2 N–H and O–H groups in total. The summed E-state index contributed by atoms with van der Waals surface area (Å²) in [7, 11) is 0. The number of carbonyl (C=O) groups excluding carboxylic acids is 1. The highest BCUT2D eigenvalue weighted by Crippen LogP contribution is 2.40. The number of aliphatic hydroxyl groups excluding tert-OH is 1. The number of benzene rings is 2. The Hall–Kier alpha value is -2.84. The average molecular weight is 463 g/mol. The van der Waals surface area contributed by atoms with Crippen molar-refractivity contribution < 1.29 is 32.5 Å². The number of ether oxygens (including phenoxy) is 2. The molecule has 0 bridgehead atoms. The van der Waals surface area contributed by atoms with E-state index >= 15 is 0 Å². The summed E-state index contributed by atoms with van der Waals surface area (Å²) in [6.07, 6.45) is -2.58. The Kier molecular flexibility index (Phi) is 8.52. The minimum Gasteiger partial charge on any atom is -0.459 e. The Morgan fingerprint density at radius 1 is 1.12 bits per heavy atom. The molecule has 0 saturated carbocycles. The van der Waals surface area contributed by atoms with Gasteiger partial charge in [0.15, 0.2) is 5.76 Å². The zero-order valence-corrected chi connectivity index (χ0v) is 18.3. The predicted octanol–water partition coefficient (Wildman–Crippen LogP) is 4.77. The molecule has 1 amide bonds. The molecule has 5 nitrogen and oxygen atoms in total. The second-order valence-electron chi connectivity index (χ2n) is 7.82. The molecule has 8 heteroatoms. The van der Waals surface area contributed by atoms with Gasteiger partial charge in [0.1, 0.15) is 0 Å². The number of aliphatic hydroxyl groups is 1. The maximum Gasteiger partial charge on any atom is 0.416 e. The summed E-state index contributed by atoms with van der Waals surface area (Å²) < 4.78 is 50.7. The molecule has 0 radical (unpaired) electrons. The highest BCUT2D eigenvalue weighted by molar-refractivity contribution is 5.91. The fourth-order valence-corrected chi connectivity index (χ4v) is 3.90. The van der Waals surface area contributed by atoms with Crippen molar-refractivity contribution in [2.45, 2.75) is 44.7 Å². The van der Waals surface area contributed by atoms with E-state index in [1.165, 1.54) is 12.1 Å². The van der Waals surface area contributed by atoms with Gasteiger partial charge in [0.2, 0.25) is 6.29 Å². The normalized spacial score (nSPS) is 20.6. The molecule has 0 spiro atoms. The number of nitrogens with one attached hydrogen (secondary N) is 1. The minimum absolute atomic E-state index is 0.0385. The lowest BCUT2D eigenvalue weighted by atomic mass is 9.80. The van der Waals surface area contributed by atoms with Crippen molar-refractivity contribution in [1.29, 1.82) is 0 Å². The molecule has 0 unspecified atom stereocenters. The zero-order valence-electron chi connectivity index (χ0n) is 18.3. The zero-order chi connectivity index (χ0) is 23.8. The molecule has 33 heavy (non-hydrogen) atoms. The van der Waals surface area contributed by atoms with Crippen LogP contribution in [-0.2, 0) is 27.0 Å². The standard InChI is InChI=1S/C25H28F3NO4/c1-2-32-24-20(9-6-14-30)21(18-10-12-19(13-11-18)25(26,27)28)15-22(33-24)23(31)29-16-17-7-4-3-5-8-17/h3-5,7-8,10-13,15,20-21,24,30H,2,6,9,14,16H2,1H3,(H,29,31)/t20-,21-,24-/m0/s1. The third kappa shape index (κ3) is 6.58. The quantitative estimate of drug-likeness (QED) is 0.562. The maximum absolute atomic E-state index is 13.0. The van der Waals surface area contributed by atoms with Gasteiger partial charge in [0.05, 0.1) is 5.56 Å². The molecule has 0 saturated heterocycles. The largest absolute Gasteiger partial charge is 0.459 e. The van der Waals surface area contributed by atoms with Gasteiger partial charge in [-0.2, -0.15) is 13.2 Å². The molecule has 0 aromatic heterocycles. The first kappa shape index (κ1) is 24.8. The Morgan fingerprint density at radius 2 is 1.82 bits per heavy atom. The molecule has 3 rings (SSSR count). The van der Waals surface area contributed by atoms with Gasteiger partial charge >= 0.3 is 6.18 Å². The van der Waals surface area contributed by atoms with Crippen LogP contribution in [0.1, 0.15) is 42.4 Å². The van der Waals surface area contributed by atoms with Crippen molar-refractivity contribution in [2.24, 2.45) is 5.92 Å². The molecule has 0 fully saturated rings. The van der Waals surface area contributed by atoms with Crippen LogP contribution in [0.25, 0.3) is 0 Å². The first-order valence-electron chi connectivity index (χ1n) is 10.9. The first-order valence-corrected chi connectivity index (χ1v) is 10.9. The summed E-state index contributed by atoms with van der Waals surface area (Å²) in [6, 6.07) is 14.3. The number of halogens is 3. The third-order valence-electron chi connectivity index (χ3n) is 5.55. The van der Waals surface area contributed by atoms with E-state index in [1.54, 1.807) is 13.0 Å². The molecular weight excluding hydrogens is 435 g/mol. The van der Waals surface area contributed by atoms with Gasteiger partial charge in [-0.3, -0.25) is 4.79 Å². The number of rotatable bonds is 9. The maximum atomic E-state index is 13.0. The summed E-state index contributed by atoms with van der Waals surface area (Å²) in [5.41, 5.74) is 0.799. The van der Waals surface area contributed by atoms with E-state index in [0.29, 0.717) is 31.6 Å². The second kappa shape index (κ2) is 11.3. The Morgan fingerprint density at radius 3 is 2.42 bits per heavy atom. The summed E-state index contributed by atoms with van der Waals surface area (Å²) in [5.74, 6) is -1.06. The predicted molar refractivity (Wildman–Crippen MR) is 117 cm³/mol. The SMILES string of the molecule is CCO[C@H]1OC(C(=O)NCc2ccccc2)=C[C@@H](c2ccc(C(F)(F)F)cc2)[C@@H]1CCCO. The molecule has 1 aliphatic heterocycles. The fourth-order valence-electron chi connectivity index (χ4n) is 3.90. The average Bonchev–Trinajstić information content (AvgIpc) is 2.81. The van der Waals surface area contributed by atoms with Gasteiger partial charge in [0, 0.05) is 31.6 Å². The van der Waals surface area contributed by atoms with Crippen molar-refractivity contribution in [3.8, 4) is 0 Å². The lowest BCUT2D eigenvalue weighted by Gasteiger charge is -2.37. The smallest absolute Gasteiger partial charge is 0.416 e.